The van der Waals surface area contributed by atoms with Crippen LogP contribution in [0.2, 0.25) is 0 Å². The minimum Gasteiger partial charge on any atom is -0.268 e. The van der Waals surface area contributed by atoms with Gasteiger partial charge in [0.15, 0.2) is 0 Å². The Morgan fingerprint density at radius 1 is 1.16 bits per heavy atom. The SMILES string of the molecule is CCc1ccc(-c2ccc(=O)[nH]n2)cc1S(=O)(=O)NC1CCCCC1. The number of H-pyrrole nitrogens is 1. The van der Waals surface area contributed by atoms with E-state index in [1.807, 2.05) is 19.1 Å². The molecular weight excluding hydrogens is 338 g/mol. The van der Waals surface area contributed by atoms with E-state index in [2.05, 4.69) is 14.9 Å². The van der Waals surface area contributed by atoms with Gasteiger partial charge in [-0.1, -0.05) is 38.3 Å². The van der Waals surface area contributed by atoms with Crippen molar-refractivity contribution in [3.05, 3.63) is 46.2 Å². The van der Waals surface area contributed by atoms with Crippen molar-refractivity contribution >= 4 is 10.0 Å². The molecule has 1 aliphatic rings. The number of nitrogens with zero attached hydrogens (tertiary/aromatic N) is 1. The fourth-order valence-electron chi connectivity index (χ4n) is 3.26. The molecule has 7 heteroatoms. The molecule has 0 spiro atoms. The molecule has 2 N–H and O–H groups in total. The summed E-state index contributed by atoms with van der Waals surface area (Å²) in [5.74, 6) is 0. The topological polar surface area (TPSA) is 91.9 Å². The zero-order valence-electron chi connectivity index (χ0n) is 14.3. The van der Waals surface area contributed by atoms with Crippen molar-refractivity contribution in [3.8, 4) is 11.3 Å². The molecule has 134 valence electrons. The van der Waals surface area contributed by atoms with Crippen LogP contribution in [0, 0.1) is 0 Å². The zero-order chi connectivity index (χ0) is 17.9. The highest BCUT2D eigenvalue weighted by molar-refractivity contribution is 7.89. The first-order valence-corrected chi connectivity index (χ1v) is 10.2. The van der Waals surface area contributed by atoms with Gasteiger partial charge in [0.1, 0.15) is 0 Å². The van der Waals surface area contributed by atoms with Crippen LogP contribution >= 0.6 is 0 Å². The number of aromatic amines is 1. The van der Waals surface area contributed by atoms with Gasteiger partial charge in [-0.25, -0.2) is 18.2 Å². The minimum atomic E-state index is -3.59. The molecule has 1 heterocycles. The molecule has 1 fully saturated rings. The molecule has 0 unspecified atom stereocenters. The van der Waals surface area contributed by atoms with Gasteiger partial charge in [-0.3, -0.25) is 4.79 Å². The van der Waals surface area contributed by atoms with Gasteiger partial charge in [0.05, 0.1) is 10.6 Å². The first-order valence-electron chi connectivity index (χ1n) is 8.71. The van der Waals surface area contributed by atoms with Crippen molar-refractivity contribution in [2.75, 3.05) is 0 Å². The van der Waals surface area contributed by atoms with Crippen LogP contribution < -0.4 is 10.3 Å². The van der Waals surface area contributed by atoms with Gasteiger partial charge < -0.3 is 0 Å². The van der Waals surface area contributed by atoms with Crippen LogP contribution in [0.3, 0.4) is 0 Å². The van der Waals surface area contributed by atoms with Crippen molar-refractivity contribution < 1.29 is 8.42 Å². The van der Waals surface area contributed by atoms with Gasteiger partial charge in [0, 0.05) is 17.7 Å². The van der Waals surface area contributed by atoms with Crippen LogP contribution in [0.5, 0.6) is 0 Å². The van der Waals surface area contributed by atoms with Crippen molar-refractivity contribution in [1.29, 1.82) is 0 Å². The van der Waals surface area contributed by atoms with E-state index in [1.54, 1.807) is 12.1 Å². The molecule has 25 heavy (non-hydrogen) atoms. The third-order valence-electron chi connectivity index (χ3n) is 4.64. The predicted octanol–water partition coefficient (Wildman–Crippen LogP) is 2.61. The van der Waals surface area contributed by atoms with Crippen LogP contribution in [0.15, 0.2) is 40.0 Å². The number of benzene rings is 1. The van der Waals surface area contributed by atoms with Crippen LogP contribution in [-0.2, 0) is 16.4 Å². The molecular formula is C18H23N3O3S. The molecule has 0 radical (unpaired) electrons. The standard InChI is InChI=1S/C18H23N3O3S/c1-2-13-8-9-14(16-10-11-18(22)20-19-16)12-17(13)25(23,24)21-15-6-4-3-5-7-15/h8-12,15,21H,2-7H2,1H3,(H,20,22). The Hall–Kier alpha value is -1.99. The number of aryl methyl sites for hydroxylation is 1. The first-order chi connectivity index (χ1) is 12.0. The molecule has 1 aromatic carbocycles. The van der Waals surface area contributed by atoms with Crippen LogP contribution in [0.25, 0.3) is 11.3 Å². The molecule has 1 aliphatic carbocycles. The lowest BCUT2D eigenvalue weighted by atomic mass is 9.96. The van der Waals surface area contributed by atoms with Gasteiger partial charge >= 0.3 is 0 Å². The molecule has 2 aromatic rings. The highest BCUT2D eigenvalue weighted by Crippen LogP contribution is 2.26. The number of hydrogen-bond acceptors (Lipinski definition) is 4. The van der Waals surface area contributed by atoms with Gasteiger partial charge in [-0.2, -0.15) is 5.10 Å². The highest BCUT2D eigenvalue weighted by atomic mass is 32.2. The smallest absolute Gasteiger partial charge is 0.264 e. The molecule has 0 saturated heterocycles. The van der Waals surface area contributed by atoms with Gasteiger partial charge in [-0.05, 0) is 37.0 Å². The van der Waals surface area contributed by atoms with E-state index in [9.17, 15) is 13.2 Å². The Labute approximate surface area is 147 Å². The number of hydrogen-bond donors (Lipinski definition) is 2. The highest BCUT2D eigenvalue weighted by Gasteiger charge is 2.24. The normalized spacial score (nSPS) is 16.0. The summed E-state index contributed by atoms with van der Waals surface area (Å²) >= 11 is 0. The molecule has 3 rings (SSSR count). The van der Waals surface area contributed by atoms with Crippen LogP contribution in [-0.4, -0.2) is 24.7 Å². The maximum Gasteiger partial charge on any atom is 0.264 e. The number of nitrogens with one attached hydrogen (secondary N) is 2. The number of sulfonamides is 1. The van der Waals surface area contributed by atoms with Gasteiger partial charge in [0.25, 0.3) is 5.56 Å². The summed E-state index contributed by atoms with van der Waals surface area (Å²) in [5.41, 5.74) is 1.69. The first kappa shape index (κ1) is 17.8. The Morgan fingerprint density at radius 3 is 2.56 bits per heavy atom. The third-order valence-corrected chi connectivity index (χ3v) is 6.24. The average molecular weight is 361 g/mol. The van der Waals surface area contributed by atoms with E-state index in [0.717, 1.165) is 31.2 Å². The summed E-state index contributed by atoms with van der Waals surface area (Å²) in [4.78, 5) is 11.5. The Bertz CT molecular complexity index is 880. The quantitative estimate of drug-likeness (QED) is 0.856. The fourth-order valence-corrected chi connectivity index (χ4v) is 4.91. The van der Waals surface area contributed by atoms with E-state index < -0.39 is 10.0 Å². The molecule has 1 aromatic heterocycles. The molecule has 0 bridgehead atoms. The van der Waals surface area contributed by atoms with Crippen molar-refractivity contribution in [1.82, 2.24) is 14.9 Å². The molecule has 0 atom stereocenters. The molecule has 0 aliphatic heterocycles. The maximum atomic E-state index is 12.9. The average Bonchev–Trinajstić information content (AvgIpc) is 2.62. The van der Waals surface area contributed by atoms with E-state index in [0.29, 0.717) is 22.6 Å². The fraction of sp³-hybridized carbons (Fsp3) is 0.444. The summed E-state index contributed by atoms with van der Waals surface area (Å²) in [6.45, 7) is 1.94. The Balaban J connectivity index is 1.96. The number of rotatable bonds is 5. The summed E-state index contributed by atoms with van der Waals surface area (Å²) in [7, 11) is -3.59. The summed E-state index contributed by atoms with van der Waals surface area (Å²) in [6, 6.07) is 8.27. The monoisotopic (exact) mass is 361 g/mol. The summed E-state index contributed by atoms with van der Waals surface area (Å²) in [5, 5.41) is 6.37. The largest absolute Gasteiger partial charge is 0.268 e. The Kier molecular flexibility index (Phi) is 5.34. The van der Waals surface area contributed by atoms with Gasteiger partial charge in [-0.15, -0.1) is 0 Å². The van der Waals surface area contributed by atoms with Crippen molar-refractivity contribution in [2.45, 2.75) is 56.4 Å². The van der Waals surface area contributed by atoms with E-state index in [4.69, 9.17) is 0 Å². The van der Waals surface area contributed by atoms with Gasteiger partial charge in [0.2, 0.25) is 10.0 Å². The second kappa shape index (κ2) is 7.49. The third kappa shape index (κ3) is 4.16. The summed E-state index contributed by atoms with van der Waals surface area (Å²) in [6.07, 6.45) is 5.71. The van der Waals surface area contributed by atoms with Crippen LogP contribution in [0.4, 0.5) is 0 Å². The maximum absolute atomic E-state index is 12.9. The Morgan fingerprint density at radius 2 is 1.92 bits per heavy atom. The van der Waals surface area contributed by atoms with E-state index >= 15 is 0 Å². The lowest BCUT2D eigenvalue weighted by Crippen LogP contribution is -2.36. The molecule has 6 nitrogen and oxygen atoms in total. The predicted molar refractivity (Wildman–Crippen MR) is 96.9 cm³/mol. The zero-order valence-corrected chi connectivity index (χ0v) is 15.1. The summed E-state index contributed by atoms with van der Waals surface area (Å²) < 4.78 is 28.7. The lowest BCUT2D eigenvalue weighted by molar-refractivity contribution is 0.412. The molecule has 0 amide bonds. The second-order valence-electron chi connectivity index (χ2n) is 6.44. The second-order valence-corrected chi connectivity index (χ2v) is 8.12. The number of aromatic nitrogens is 2. The lowest BCUT2D eigenvalue weighted by Gasteiger charge is -2.23. The van der Waals surface area contributed by atoms with E-state index in [1.165, 1.54) is 12.5 Å². The minimum absolute atomic E-state index is 0.0123. The van der Waals surface area contributed by atoms with Crippen LogP contribution in [0.1, 0.15) is 44.6 Å². The van der Waals surface area contributed by atoms with Crippen molar-refractivity contribution in [3.63, 3.8) is 0 Å². The molecule has 1 saturated carbocycles. The van der Waals surface area contributed by atoms with E-state index in [-0.39, 0.29) is 11.6 Å². The van der Waals surface area contributed by atoms with Crippen molar-refractivity contribution in [2.24, 2.45) is 0 Å².